The molecule has 0 radical (unpaired) electrons. The molecule has 1 aliphatic heterocycles. The van der Waals surface area contributed by atoms with Crippen LogP contribution in [0.5, 0.6) is 5.75 Å². The van der Waals surface area contributed by atoms with E-state index in [-0.39, 0.29) is 0 Å². The van der Waals surface area contributed by atoms with Gasteiger partial charge in [-0.25, -0.2) is 0 Å². The lowest BCUT2D eigenvalue weighted by molar-refractivity contribution is -0.843. The summed E-state index contributed by atoms with van der Waals surface area (Å²) in [5.41, 5.74) is 2.70. The normalized spacial score (nSPS) is 18.2. The smallest absolute Gasteiger partial charge is 0.330 e. The van der Waals surface area contributed by atoms with Crippen LogP contribution in [0.2, 0.25) is 0 Å². The lowest BCUT2D eigenvalue weighted by Crippen LogP contribution is -3.11. The van der Waals surface area contributed by atoms with E-state index in [0.29, 0.717) is 55.4 Å². The number of anilines is 3. The number of ether oxygens (including phenoxy) is 2. The molecule has 1 fully saturated rings. The lowest BCUT2D eigenvalue weighted by atomic mass is 10.1. The molecule has 2 atom stereocenters. The van der Waals surface area contributed by atoms with Crippen LogP contribution < -0.4 is 25.6 Å². The second kappa shape index (κ2) is 11.8. The average molecular weight is 443 g/mol. The third-order valence-corrected chi connectivity index (χ3v) is 5.42. The Hall–Kier alpha value is -2.75. The maximum Gasteiger partial charge on any atom is 0.330 e. The van der Waals surface area contributed by atoms with Gasteiger partial charge in [-0.15, -0.1) is 0 Å². The molecule has 32 heavy (non-hydrogen) atoms. The SMILES string of the molecule is CCOCCNc1c(Nc2cccc(OC)c2)nc([NH+]2CCN[C@H](C)C2)nc1C(=N)CC. The molecule has 1 unspecified atom stereocenters. The predicted molar refractivity (Wildman–Crippen MR) is 128 cm³/mol. The Balaban J connectivity index is 2.03. The Morgan fingerprint density at radius 3 is 2.88 bits per heavy atom. The van der Waals surface area contributed by atoms with Crippen molar-refractivity contribution < 1.29 is 14.4 Å². The van der Waals surface area contributed by atoms with Gasteiger partial charge in [0, 0.05) is 31.5 Å². The van der Waals surface area contributed by atoms with E-state index in [4.69, 9.17) is 24.9 Å². The van der Waals surface area contributed by atoms with Crippen LogP contribution in [0.4, 0.5) is 23.1 Å². The van der Waals surface area contributed by atoms with Crippen LogP contribution in [0, 0.1) is 5.41 Å². The number of quaternary nitrogens is 1. The zero-order valence-corrected chi connectivity index (χ0v) is 19.5. The zero-order valence-electron chi connectivity index (χ0n) is 19.5. The molecule has 0 bridgehead atoms. The molecular weight excluding hydrogens is 406 g/mol. The highest BCUT2D eigenvalue weighted by molar-refractivity contribution is 6.03. The Labute approximate surface area is 190 Å². The van der Waals surface area contributed by atoms with E-state index in [1.807, 2.05) is 38.1 Å². The molecule has 1 saturated heterocycles. The number of aromatic nitrogens is 2. The van der Waals surface area contributed by atoms with Crippen molar-refractivity contribution in [3.05, 3.63) is 30.0 Å². The molecule has 9 heteroatoms. The summed E-state index contributed by atoms with van der Waals surface area (Å²) in [4.78, 5) is 11.0. The van der Waals surface area contributed by atoms with E-state index in [9.17, 15) is 0 Å². The van der Waals surface area contributed by atoms with Crippen LogP contribution in [-0.4, -0.2) is 68.2 Å². The molecule has 0 amide bonds. The van der Waals surface area contributed by atoms with E-state index in [1.165, 1.54) is 4.90 Å². The fraction of sp³-hybridized carbons (Fsp3) is 0.522. The average Bonchev–Trinajstić information content (AvgIpc) is 2.81. The van der Waals surface area contributed by atoms with Gasteiger partial charge in [0.05, 0.1) is 38.6 Å². The van der Waals surface area contributed by atoms with Gasteiger partial charge in [0.25, 0.3) is 0 Å². The summed E-state index contributed by atoms with van der Waals surface area (Å²) in [6, 6.07) is 8.12. The molecule has 2 heterocycles. The number of nitrogens with one attached hydrogen (secondary N) is 5. The number of piperazine rings is 1. The first-order valence-electron chi connectivity index (χ1n) is 11.4. The van der Waals surface area contributed by atoms with Crippen molar-refractivity contribution in [1.82, 2.24) is 15.3 Å². The van der Waals surface area contributed by atoms with Gasteiger partial charge in [-0.2, -0.15) is 9.97 Å². The molecule has 174 valence electrons. The minimum Gasteiger partial charge on any atom is -0.497 e. The Bertz CT molecular complexity index is 906. The monoisotopic (exact) mass is 442 g/mol. The largest absolute Gasteiger partial charge is 0.497 e. The standard InChI is InChI=1S/C23H35N7O2/c1-5-19(24)20-21(26-11-13-32-6-2)22(27-17-8-7-9-18(14-17)31-4)29-23(28-20)30-12-10-25-16(3)15-30/h7-9,14,16,24-26H,5-6,10-13,15H2,1-4H3,(H,27,28,29)/p+1/t16-/m1/s1. The summed E-state index contributed by atoms with van der Waals surface area (Å²) in [5, 5.41) is 18.9. The molecular formula is C23H36N7O2+. The van der Waals surface area contributed by atoms with Crippen molar-refractivity contribution in [2.24, 2.45) is 0 Å². The molecule has 0 aliphatic carbocycles. The van der Waals surface area contributed by atoms with Crippen LogP contribution in [-0.2, 0) is 4.74 Å². The predicted octanol–water partition coefficient (Wildman–Crippen LogP) is 1.96. The maximum absolute atomic E-state index is 8.60. The molecule has 9 nitrogen and oxygen atoms in total. The Morgan fingerprint density at radius 2 is 2.16 bits per heavy atom. The highest BCUT2D eigenvalue weighted by atomic mass is 16.5. The lowest BCUT2D eigenvalue weighted by Gasteiger charge is -2.28. The Morgan fingerprint density at radius 1 is 1.31 bits per heavy atom. The number of methoxy groups -OCH3 is 1. The molecule has 1 aliphatic rings. The van der Waals surface area contributed by atoms with Crippen molar-refractivity contribution in [2.45, 2.75) is 33.2 Å². The van der Waals surface area contributed by atoms with Crippen LogP contribution in [0.1, 0.15) is 32.9 Å². The van der Waals surface area contributed by atoms with Crippen molar-refractivity contribution in [3.8, 4) is 5.75 Å². The second-order valence-electron chi connectivity index (χ2n) is 7.85. The molecule has 1 aromatic carbocycles. The van der Waals surface area contributed by atoms with E-state index in [1.54, 1.807) is 7.11 Å². The van der Waals surface area contributed by atoms with Crippen molar-refractivity contribution in [3.63, 3.8) is 0 Å². The van der Waals surface area contributed by atoms with Gasteiger partial charge >= 0.3 is 5.95 Å². The summed E-state index contributed by atoms with van der Waals surface area (Å²) in [5.74, 6) is 2.14. The summed E-state index contributed by atoms with van der Waals surface area (Å²) >= 11 is 0. The molecule has 1 aromatic heterocycles. The van der Waals surface area contributed by atoms with Crippen LogP contribution in [0.3, 0.4) is 0 Å². The topological polar surface area (TPSA) is 109 Å². The number of hydrogen-bond donors (Lipinski definition) is 5. The quantitative estimate of drug-likeness (QED) is 0.267. The van der Waals surface area contributed by atoms with Gasteiger partial charge in [0.2, 0.25) is 0 Å². The van der Waals surface area contributed by atoms with Crippen LogP contribution in [0.15, 0.2) is 24.3 Å². The first-order valence-corrected chi connectivity index (χ1v) is 11.4. The minimum atomic E-state index is 0.384. The maximum atomic E-state index is 8.60. The van der Waals surface area contributed by atoms with Crippen LogP contribution in [0.25, 0.3) is 0 Å². The first kappa shape index (κ1) is 23.9. The highest BCUT2D eigenvalue weighted by Crippen LogP contribution is 2.29. The minimum absolute atomic E-state index is 0.384. The number of rotatable bonds is 11. The molecule has 0 spiro atoms. The van der Waals surface area contributed by atoms with Gasteiger partial charge in [0.1, 0.15) is 17.1 Å². The summed E-state index contributed by atoms with van der Waals surface area (Å²) in [7, 11) is 1.65. The van der Waals surface area contributed by atoms with E-state index in [2.05, 4.69) is 22.9 Å². The van der Waals surface area contributed by atoms with E-state index < -0.39 is 0 Å². The number of benzene rings is 1. The van der Waals surface area contributed by atoms with Gasteiger partial charge in [-0.1, -0.05) is 13.0 Å². The van der Waals surface area contributed by atoms with Crippen molar-refractivity contribution >= 4 is 28.9 Å². The first-order chi connectivity index (χ1) is 15.5. The fourth-order valence-electron chi connectivity index (χ4n) is 3.71. The fourth-order valence-corrected chi connectivity index (χ4v) is 3.71. The molecule has 0 saturated carbocycles. The van der Waals surface area contributed by atoms with Gasteiger partial charge in [0.15, 0.2) is 5.82 Å². The number of hydrogen-bond acceptors (Lipinski definition) is 8. The summed E-state index contributed by atoms with van der Waals surface area (Å²) < 4.78 is 10.9. The summed E-state index contributed by atoms with van der Waals surface area (Å²) in [6.07, 6.45) is 0.586. The van der Waals surface area contributed by atoms with Crippen molar-refractivity contribution in [2.75, 3.05) is 57.1 Å². The third-order valence-electron chi connectivity index (χ3n) is 5.42. The third kappa shape index (κ3) is 6.15. The number of nitrogens with zero attached hydrogens (tertiary/aromatic N) is 2. The molecule has 3 rings (SSSR count). The van der Waals surface area contributed by atoms with Crippen LogP contribution >= 0.6 is 0 Å². The van der Waals surface area contributed by atoms with Gasteiger partial charge in [-0.3, -0.25) is 4.90 Å². The highest BCUT2D eigenvalue weighted by Gasteiger charge is 2.27. The molecule has 5 N–H and O–H groups in total. The zero-order chi connectivity index (χ0) is 22.9. The second-order valence-corrected chi connectivity index (χ2v) is 7.85. The van der Waals surface area contributed by atoms with Gasteiger partial charge in [-0.05, 0) is 32.4 Å². The van der Waals surface area contributed by atoms with Crippen molar-refractivity contribution in [1.29, 1.82) is 5.41 Å². The Kier molecular flexibility index (Phi) is 8.78. The van der Waals surface area contributed by atoms with Gasteiger partial charge < -0.3 is 30.8 Å². The summed E-state index contributed by atoms with van der Waals surface area (Å²) in [6.45, 7) is 10.7. The van der Waals surface area contributed by atoms with E-state index >= 15 is 0 Å². The molecule has 2 aromatic rings. The van der Waals surface area contributed by atoms with E-state index in [0.717, 1.165) is 36.8 Å².